The van der Waals surface area contributed by atoms with Gasteiger partial charge in [0.15, 0.2) is 0 Å². The van der Waals surface area contributed by atoms with Crippen LogP contribution in [0.25, 0.3) is 10.6 Å². The molecule has 0 radical (unpaired) electrons. The predicted molar refractivity (Wildman–Crippen MR) is 95.8 cm³/mol. The van der Waals surface area contributed by atoms with Gasteiger partial charge in [-0.25, -0.2) is 18.6 Å². The number of hydrogen-bond acceptors (Lipinski definition) is 6. The van der Waals surface area contributed by atoms with E-state index in [1.54, 1.807) is 6.92 Å². The molecule has 0 fully saturated rings. The average Bonchev–Trinajstić information content (AvgIpc) is 3.26. The fourth-order valence-electron chi connectivity index (χ4n) is 2.21. The van der Waals surface area contributed by atoms with Crippen molar-refractivity contribution >= 4 is 40.2 Å². The molecule has 0 aliphatic carbocycles. The first kappa shape index (κ1) is 18.2. The summed E-state index contributed by atoms with van der Waals surface area (Å²) in [5, 5.41) is 6.83. The lowest BCUT2D eigenvalue weighted by atomic mass is 10.1. The Balaban J connectivity index is 1.90. The fraction of sp³-hybridized carbons (Fsp3) is 0.118. The maximum Gasteiger partial charge on any atom is 0.340 e. The quantitative estimate of drug-likeness (QED) is 0.662. The van der Waals surface area contributed by atoms with Crippen LogP contribution in [0, 0.1) is 18.6 Å². The SMILES string of the molecule is COC(=O)c1cc(NC(=O)c2sc(-c3ccsc3)nc2C)c(F)cc1F. The van der Waals surface area contributed by atoms with Gasteiger partial charge in [0.2, 0.25) is 0 Å². The molecule has 2 heterocycles. The number of hydrogen-bond donors (Lipinski definition) is 1. The third-order valence-corrected chi connectivity index (χ3v) is 5.37. The van der Waals surface area contributed by atoms with Gasteiger partial charge in [-0.05, 0) is 24.4 Å². The first-order valence-electron chi connectivity index (χ1n) is 7.29. The third kappa shape index (κ3) is 3.49. The van der Waals surface area contributed by atoms with E-state index in [1.807, 2.05) is 16.8 Å². The lowest BCUT2D eigenvalue weighted by Gasteiger charge is -2.08. The van der Waals surface area contributed by atoms with Crippen LogP contribution in [0.5, 0.6) is 0 Å². The number of nitrogens with one attached hydrogen (secondary N) is 1. The number of thiophene rings is 1. The Morgan fingerprint density at radius 2 is 2.00 bits per heavy atom. The average molecular weight is 394 g/mol. The van der Waals surface area contributed by atoms with E-state index in [4.69, 9.17) is 0 Å². The Morgan fingerprint density at radius 1 is 1.23 bits per heavy atom. The smallest absolute Gasteiger partial charge is 0.340 e. The monoisotopic (exact) mass is 394 g/mol. The molecule has 0 saturated carbocycles. The molecule has 26 heavy (non-hydrogen) atoms. The second-order valence-electron chi connectivity index (χ2n) is 5.20. The molecule has 3 rings (SSSR count). The first-order chi connectivity index (χ1) is 12.4. The van der Waals surface area contributed by atoms with Crippen molar-refractivity contribution in [1.82, 2.24) is 4.98 Å². The number of carbonyl (C=O) groups excluding carboxylic acids is 2. The Kier molecular flexibility index (Phi) is 5.10. The molecule has 0 unspecified atom stereocenters. The largest absolute Gasteiger partial charge is 0.465 e. The summed E-state index contributed by atoms with van der Waals surface area (Å²) in [6.07, 6.45) is 0. The van der Waals surface area contributed by atoms with E-state index in [9.17, 15) is 18.4 Å². The van der Waals surface area contributed by atoms with Gasteiger partial charge in [0.1, 0.15) is 21.5 Å². The van der Waals surface area contributed by atoms with Gasteiger partial charge < -0.3 is 10.1 Å². The third-order valence-electron chi connectivity index (χ3n) is 3.48. The standard InChI is InChI=1S/C17H12F2N2O3S2/c1-8-14(26-16(20-8)9-3-4-25-7-9)15(22)21-13-5-10(17(23)24-2)11(18)6-12(13)19/h3-7H,1-2H3,(H,21,22). The zero-order valence-electron chi connectivity index (χ0n) is 13.6. The van der Waals surface area contributed by atoms with Crippen molar-refractivity contribution in [2.24, 2.45) is 0 Å². The van der Waals surface area contributed by atoms with Crippen molar-refractivity contribution in [2.75, 3.05) is 12.4 Å². The Hall–Kier alpha value is -2.65. The van der Waals surface area contributed by atoms with Crippen LogP contribution >= 0.6 is 22.7 Å². The minimum atomic E-state index is -1.07. The summed E-state index contributed by atoms with van der Waals surface area (Å²) in [4.78, 5) is 28.7. The summed E-state index contributed by atoms with van der Waals surface area (Å²) in [5.74, 6) is -3.63. The minimum absolute atomic E-state index is 0.301. The summed E-state index contributed by atoms with van der Waals surface area (Å²) in [6.45, 7) is 1.67. The molecule has 1 amide bonds. The molecular formula is C17H12F2N2O3S2. The summed E-state index contributed by atoms with van der Waals surface area (Å²) in [6, 6.07) is 3.32. The van der Waals surface area contributed by atoms with Crippen molar-refractivity contribution in [3.05, 3.63) is 56.7 Å². The molecule has 0 bridgehead atoms. The molecule has 0 aliphatic rings. The molecule has 1 aromatic carbocycles. The molecule has 0 aliphatic heterocycles. The van der Waals surface area contributed by atoms with Crippen LogP contribution in [0.1, 0.15) is 25.7 Å². The number of aromatic nitrogens is 1. The number of benzene rings is 1. The normalized spacial score (nSPS) is 10.6. The summed E-state index contributed by atoms with van der Waals surface area (Å²) in [7, 11) is 1.08. The number of amides is 1. The van der Waals surface area contributed by atoms with Gasteiger partial charge >= 0.3 is 5.97 Å². The van der Waals surface area contributed by atoms with Crippen molar-refractivity contribution in [1.29, 1.82) is 0 Å². The first-order valence-corrected chi connectivity index (χ1v) is 9.05. The van der Waals surface area contributed by atoms with Crippen molar-refractivity contribution in [3.8, 4) is 10.6 Å². The fourth-order valence-corrected chi connectivity index (χ4v) is 3.88. The number of nitrogens with zero attached hydrogens (tertiary/aromatic N) is 1. The highest BCUT2D eigenvalue weighted by atomic mass is 32.1. The zero-order chi connectivity index (χ0) is 18.8. The van der Waals surface area contributed by atoms with Crippen LogP contribution in [0.15, 0.2) is 29.0 Å². The van der Waals surface area contributed by atoms with Crippen molar-refractivity contribution in [2.45, 2.75) is 6.92 Å². The molecule has 0 atom stereocenters. The van der Waals surface area contributed by atoms with Crippen molar-refractivity contribution in [3.63, 3.8) is 0 Å². The van der Waals surface area contributed by atoms with E-state index in [-0.39, 0.29) is 5.69 Å². The van der Waals surface area contributed by atoms with Crippen LogP contribution in [0.2, 0.25) is 0 Å². The molecule has 134 valence electrons. The van der Waals surface area contributed by atoms with Gasteiger partial charge in [-0.2, -0.15) is 11.3 Å². The maximum atomic E-state index is 14.0. The number of esters is 1. The van der Waals surface area contributed by atoms with E-state index >= 15 is 0 Å². The van der Waals surface area contributed by atoms with Gasteiger partial charge in [0.25, 0.3) is 5.91 Å². The maximum absolute atomic E-state index is 14.0. The van der Waals surface area contributed by atoms with Crippen LogP contribution in [-0.2, 0) is 4.74 Å². The number of thiazole rings is 1. The highest BCUT2D eigenvalue weighted by Crippen LogP contribution is 2.30. The van der Waals surface area contributed by atoms with Crippen LogP contribution in [-0.4, -0.2) is 24.0 Å². The van der Waals surface area contributed by atoms with Gasteiger partial charge in [-0.1, -0.05) is 0 Å². The molecule has 9 heteroatoms. The van der Waals surface area contributed by atoms with E-state index < -0.39 is 29.1 Å². The molecule has 0 spiro atoms. The molecular weight excluding hydrogens is 382 g/mol. The molecule has 5 nitrogen and oxygen atoms in total. The predicted octanol–water partition coefficient (Wildman–Crippen LogP) is 4.50. The van der Waals surface area contributed by atoms with Gasteiger partial charge in [-0.15, -0.1) is 11.3 Å². The van der Waals surface area contributed by atoms with E-state index in [2.05, 4.69) is 15.0 Å². The number of ether oxygens (including phenoxy) is 1. The number of halogens is 2. The zero-order valence-corrected chi connectivity index (χ0v) is 15.3. The molecule has 1 N–H and O–H groups in total. The molecule has 0 saturated heterocycles. The number of methoxy groups -OCH3 is 1. The van der Waals surface area contributed by atoms with Crippen LogP contribution in [0.3, 0.4) is 0 Å². The van der Waals surface area contributed by atoms with Crippen LogP contribution in [0.4, 0.5) is 14.5 Å². The Labute approximate surface area is 155 Å². The van der Waals surface area contributed by atoms with Gasteiger partial charge in [0, 0.05) is 17.0 Å². The number of anilines is 1. The number of rotatable bonds is 4. The second kappa shape index (κ2) is 7.30. The van der Waals surface area contributed by atoms with E-state index in [1.165, 1.54) is 11.3 Å². The van der Waals surface area contributed by atoms with Gasteiger partial charge in [0.05, 0.1) is 24.1 Å². The molecule has 2 aromatic heterocycles. The van der Waals surface area contributed by atoms with Crippen LogP contribution < -0.4 is 5.32 Å². The second-order valence-corrected chi connectivity index (χ2v) is 6.98. The summed E-state index contributed by atoms with van der Waals surface area (Å²) in [5.41, 5.74) is 0.596. The highest BCUT2D eigenvalue weighted by Gasteiger charge is 2.21. The topological polar surface area (TPSA) is 68.3 Å². The van der Waals surface area contributed by atoms with E-state index in [0.717, 1.165) is 30.1 Å². The summed E-state index contributed by atoms with van der Waals surface area (Å²) >= 11 is 2.67. The minimum Gasteiger partial charge on any atom is -0.465 e. The molecule has 3 aromatic rings. The number of carbonyl (C=O) groups is 2. The Morgan fingerprint density at radius 3 is 2.65 bits per heavy atom. The summed E-state index contributed by atoms with van der Waals surface area (Å²) < 4.78 is 32.1. The van der Waals surface area contributed by atoms with E-state index in [0.29, 0.717) is 21.6 Å². The Bertz CT molecular complexity index is 984. The lowest BCUT2D eigenvalue weighted by molar-refractivity contribution is 0.0595. The highest BCUT2D eigenvalue weighted by molar-refractivity contribution is 7.17. The van der Waals surface area contributed by atoms with Gasteiger partial charge in [-0.3, -0.25) is 4.79 Å². The lowest BCUT2D eigenvalue weighted by Crippen LogP contribution is -2.14. The van der Waals surface area contributed by atoms with Crippen molar-refractivity contribution < 1.29 is 23.1 Å². The number of aryl methyl sites for hydroxylation is 1.